The summed E-state index contributed by atoms with van der Waals surface area (Å²) in [5.74, 6) is -0.808. The van der Waals surface area contributed by atoms with Crippen molar-refractivity contribution in [3.8, 4) is 0 Å². The van der Waals surface area contributed by atoms with Crippen molar-refractivity contribution < 1.29 is 9.18 Å². The average Bonchev–Trinajstić information content (AvgIpc) is 3.04. The van der Waals surface area contributed by atoms with Gasteiger partial charge in [-0.25, -0.2) is 14.2 Å². The molecule has 1 atom stereocenters. The van der Waals surface area contributed by atoms with Crippen LogP contribution in [-0.2, 0) is 18.9 Å². The molecule has 25 heavy (non-hydrogen) atoms. The number of rotatable bonds is 3. The van der Waals surface area contributed by atoms with E-state index in [9.17, 15) is 18.8 Å². The fraction of sp³-hybridized carbons (Fsp3) is 0.250. The number of carbonyl (C=O) groups excluding carboxylic acids is 1. The van der Waals surface area contributed by atoms with Crippen LogP contribution < -0.4 is 16.6 Å². The van der Waals surface area contributed by atoms with Gasteiger partial charge in [0, 0.05) is 19.8 Å². The number of benzene rings is 1. The lowest BCUT2D eigenvalue weighted by Gasteiger charge is -2.15. The number of amides is 1. The lowest BCUT2D eigenvalue weighted by atomic mass is 10.2. The van der Waals surface area contributed by atoms with E-state index in [2.05, 4.69) is 10.3 Å². The van der Waals surface area contributed by atoms with Crippen molar-refractivity contribution in [2.45, 2.75) is 13.0 Å². The minimum absolute atomic E-state index is 0.159. The summed E-state index contributed by atoms with van der Waals surface area (Å²) in [6.07, 6.45) is 1.35. The van der Waals surface area contributed by atoms with Crippen molar-refractivity contribution in [3.05, 3.63) is 57.2 Å². The summed E-state index contributed by atoms with van der Waals surface area (Å²) in [4.78, 5) is 40.9. The number of anilines is 1. The predicted molar refractivity (Wildman–Crippen MR) is 90.0 cm³/mol. The Labute approximate surface area is 141 Å². The monoisotopic (exact) mass is 345 g/mol. The van der Waals surface area contributed by atoms with Gasteiger partial charge in [-0.2, -0.15) is 0 Å². The topological polar surface area (TPSA) is 90.9 Å². The normalized spacial score (nSPS) is 12.3. The maximum absolute atomic E-state index is 12.9. The number of imidazole rings is 1. The number of nitrogens with zero attached hydrogens (tertiary/aromatic N) is 4. The van der Waals surface area contributed by atoms with E-state index in [1.165, 1.54) is 53.8 Å². The Balaban J connectivity index is 2.01. The second-order valence-electron chi connectivity index (χ2n) is 5.70. The SMILES string of the molecule is C[C@H](C(=O)Nc1ccc(F)cc1)n1cnc2c1c(=O)n(C)c(=O)n2C. The summed E-state index contributed by atoms with van der Waals surface area (Å²) in [6, 6.07) is 4.58. The Hall–Kier alpha value is -3.23. The quantitative estimate of drug-likeness (QED) is 0.759. The number of aromatic nitrogens is 4. The van der Waals surface area contributed by atoms with Crippen LogP contribution in [0.2, 0.25) is 0 Å². The molecule has 0 saturated heterocycles. The van der Waals surface area contributed by atoms with Crippen LogP contribution in [0.25, 0.3) is 11.2 Å². The molecule has 130 valence electrons. The molecule has 2 heterocycles. The zero-order chi connectivity index (χ0) is 18.3. The third-order valence-electron chi connectivity index (χ3n) is 4.08. The molecule has 1 N–H and O–H groups in total. The van der Waals surface area contributed by atoms with E-state index in [1.807, 2.05) is 0 Å². The first-order valence-electron chi connectivity index (χ1n) is 7.50. The molecular weight excluding hydrogens is 329 g/mol. The standard InChI is InChI=1S/C16H16FN5O3/c1-9(14(23)19-11-6-4-10(17)5-7-11)22-8-18-13-12(22)15(24)21(3)16(25)20(13)2/h4-9H,1-3H3,(H,19,23)/t9-/m1/s1. The van der Waals surface area contributed by atoms with Crippen LogP contribution in [0, 0.1) is 5.82 Å². The van der Waals surface area contributed by atoms with Gasteiger partial charge in [-0.05, 0) is 31.2 Å². The molecule has 3 rings (SSSR count). The average molecular weight is 345 g/mol. The summed E-state index contributed by atoms with van der Waals surface area (Å²) in [5.41, 5.74) is -0.230. The predicted octanol–water partition coefficient (Wildman–Crippen LogP) is 0.772. The van der Waals surface area contributed by atoms with Crippen LogP contribution >= 0.6 is 0 Å². The molecule has 1 aromatic carbocycles. The van der Waals surface area contributed by atoms with Gasteiger partial charge in [0.15, 0.2) is 11.2 Å². The summed E-state index contributed by atoms with van der Waals surface area (Å²) in [7, 11) is 2.87. The first-order chi connectivity index (χ1) is 11.8. The second kappa shape index (κ2) is 6.00. The Morgan fingerprint density at radius 2 is 1.80 bits per heavy atom. The molecule has 1 amide bonds. The second-order valence-corrected chi connectivity index (χ2v) is 5.70. The molecule has 2 aromatic heterocycles. The van der Waals surface area contributed by atoms with Crippen LogP contribution in [0.15, 0.2) is 40.2 Å². The first kappa shape index (κ1) is 16.6. The van der Waals surface area contributed by atoms with E-state index >= 15 is 0 Å². The molecule has 0 aliphatic carbocycles. The van der Waals surface area contributed by atoms with Gasteiger partial charge >= 0.3 is 5.69 Å². The number of nitrogens with one attached hydrogen (secondary N) is 1. The summed E-state index contributed by atoms with van der Waals surface area (Å²) in [5, 5.41) is 2.65. The summed E-state index contributed by atoms with van der Waals surface area (Å²) in [6.45, 7) is 1.60. The molecule has 0 radical (unpaired) electrons. The fourth-order valence-corrected chi connectivity index (χ4v) is 2.56. The smallest absolute Gasteiger partial charge is 0.324 e. The third-order valence-corrected chi connectivity index (χ3v) is 4.08. The Morgan fingerprint density at radius 1 is 1.16 bits per heavy atom. The minimum Gasteiger partial charge on any atom is -0.324 e. The fourth-order valence-electron chi connectivity index (χ4n) is 2.56. The molecule has 8 nitrogen and oxygen atoms in total. The molecule has 0 aliphatic heterocycles. The number of fused-ring (bicyclic) bond motifs is 1. The Kier molecular flexibility index (Phi) is 3.99. The summed E-state index contributed by atoms with van der Waals surface area (Å²) < 4.78 is 16.6. The van der Waals surface area contributed by atoms with Crippen molar-refractivity contribution in [2.24, 2.45) is 14.1 Å². The van der Waals surface area contributed by atoms with Crippen LogP contribution in [0.5, 0.6) is 0 Å². The molecule has 0 bridgehead atoms. The van der Waals surface area contributed by atoms with Crippen LogP contribution in [0.3, 0.4) is 0 Å². The molecule has 0 unspecified atom stereocenters. The molecule has 0 spiro atoms. The van der Waals surface area contributed by atoms with Crippen molar-refractivity contribution in [1.82, 2.24) is 18.7 Å². The third kappa shape index (κ3) is 2.73. The molecule has 0 aliphatic rings. The zero-order valence-corrected chi connectivity index (χ0v) is 13.9. The first-order valence-corrected chi connectivity index (χ1v) is 7.50. The Morgan fingerprint density at radius 3 is 2.44 bits per heavy atom. The molecule has 0 saturated carbocycles. The number of hydrogen-bond acceptors (Lipinski definition) is 4. The minimum atomic E-state index is -0.764. The highest BCUT2D eigenvalue weighted by Gasteiger charge is 2.21. The van der Waals surface area contributed by atoms with Crippen molar-refractivity contribution in [3.63, 3.8) is 0 Å². The van der Waals surface area contributed by atoms with Gasteiger partial charge in [0.2, 0.25) is 5.91 Å². The van der Waals surface area contributed by atoms with E-state index in [1.54, 1.807) is 6.92 Å². The molecule has 9 heteroatoms. The van der Waals surface area contributed by atoms with Gasteiger partial charge in [-0.1, -0.05) is 0 Å². The lowest BCUT2D eigenvalue weighted by molar-refractivity contribution is -0.118. The molecule has 0 fully saturated rings. The van der Waals surface area contributed by atoms with Gasteiger partial charge in [0.1, 0.15) is 11.9 Å². The van der Waals surface area contributed by atoms with Crippen molar-refractivity contribution >= 4 is 22.8 Å². The van der Waals surface area contributed by atoms with Gasteiger partial charge in [-0.3, -0.25) is 18.7 Å². The highest BCUT2D eigenvalue weighted by atomic mass is 19.1. The van der Waals surface area contributed by atoms with Gasteiger partial charge < -0.3 is 9.88 Å². The molecule has 3 aromatic rings. The van der Waals surface area contributed by atoms with Gasteiger partial charge in [0.05, 0.1) is 6.33 Å². The van der Waals surface area contributed by atoms with Crippen molar-refractivity contribution in [2.75, 3.05) is 5.32 Å². The van der Waals surface area contributed by atoms with E-state index in [0.717, 1.165) is 4.57 Å². The summed E-state index contributed by atoms with van der Waals surface area (Å²) >= 11 is 0. The van der Waals surface area contributed by atoms with Crippen LogP contribution in [-0.4, -0.2) is 24.6 Å². The van der Waals surface area contributed by atoms with Gasteiger partial charge in [0.25, 0.3) is 5.56 Å². The van der Waals surface area contributed by atoms with Crippen LogP contribution in [0.4, 0.5) is 10.1 Å². The largest absolute Gasteiger partial charge is 0.332 e. The highest BCUT2D eigenvalue weighted by molar-refractivity contribution is 5.94. The number of aryl methyl sites for hydroxylation is 1. The van der Waals surface area contributed by atoms with Crippen molar-refractivity contribution in [1.29, 1.82) is 0 Å². The van der Waals surface area contributed by atoms with E-state index in [0.29, 0.717) is 5.69 Å². The molecular formula is C16H16FN5O3. The maximum Gasteiger partial charge on any atom is 0.332 e. The lowest BCUT2D eigenvalue weighted by Crippen LogP contribution is -2.38. The van der Waals surface area contributed by atoms with E-state index in [-0.39, 0.29) is 11.2 Å². The van der Waals surface area contributed by atoms with Gasteiger partial charge in [-0.15, -0.1) is 0 Å². The highest BCUT2D eigenvalue weighted by Crippen LogP contribution is 2.16. The number of halogens is 1. The van der Waals surface area contributed by atoms with E-state index in [4.69, 9.17) is 0 Å². The number of carbonyl (C=O) groups is 1. The Bertz CT molecular complexity index is 1080. The maximum atomic E-state index is 12.9. The van der Waals surface area contributed by atoms with E-state index < -0.39 is 29.0 Å². The van der Waals surface area contributed by atoms with Crippen LogP contribution in [0.1, 0.15) is 13.0 Å². The number of hydrogen-bond donors (Lipinski definition) is 1. The zero-order valence-electron chi connectivity index (χ0n) is 13.9.